The predicted molar refractivity (Wildman–Crippen MR) is 64.2 cm³/mol. The number of hydrogen-bond acceptors (Lipinski definition) is 4. The Morgan fingerprint density at radius 2 is 2.35 bits per heavy atom. The molecule has 3 rings (SSSR count). The smallest absolute Gasteiger partial charge is 0.353 e. The van der Waals surface area contributed by atoms with Crippen LogP contribution in [0.2, 0.25) is 0 Å². The van der Waals surface area contributed by atoms with Crippen LogP contribution in [0.1, 0.15) is 5.76 Å². The fraction of sp³-hybridized carbons (Fsp3) is 0.200. The molecule has 0 aromatic carbocycles. The summed E-state index contributed by atoms with van der Waals surface area (Å²) in [6.07, 6.45) is 1.48. The topological polar surface area (TPSA) is 70.7 Å². The van der Waals surface area contributed by atoms with Crippen molar-refractivity contribution in [3.63, 3.8) is 0 Å². The SMILES string of the molecule is O=C(O)C1=C(c2ccco2)S[C@@H]2[C@@H](Br)C(=O)N12. The lowest BCUT2D eigenvalue weighted by molar-refractivity contribution is -0.144. The summed E-state index contributed by atoms with van der Waals surface area (Å²) in [5.74, 6) is -0.852. The second kappa shape index (κ2) is 3.64. The number of β-lactam (4-membered cyclic amide) rings is 1. The van der Waals surface area contributed by atoms with E-state index >= 15 is 0 Å². The highest BCUT2D eigenvalue weighted by atomic mass is 79.9. The van der Waals surface area contributed by atoms with Gasteiger partial charge in [0.2, 0.25) is 5.91 Å². The van der Waals surface area contributed by atoms with E-state index in [0.29, 0.717) is 10.7 Å². The van der Waals surface area contributed by atoms with E-state index < -0.39 is 5.97 Å². The highest BCUT2D eigenvalue weighted by molar-refractivity contribution is 9.10. The zero-order chi connectivity index (χ0) is 12.2. The molecule has 0 saturated carbocycles. The summed E-state index contributed by atoms with van der Waals surface area (Å²) in [7, 11) is 0. The van der Waals surface area contributed by atoms with Gasteiger partial charge in [0.05, 0.1) is 11.2 Å². The quantitative estimate of drug-likeness (QED) is 0.664. The van der Waals surface area contributed by atoms with E-state index in [4.69, 9.17) is 4.42 Å². The number of alkyl halides is 1. The van der Waals surface area contributed by atoms with Crippen LogP contribution in [0.4, 0.5) is 0 Å². The summed E-state index contributed by atoms with van der Waals surface area (Å²) >= 11 is 4.57. The monoisotopic (exact) mass is 315 g/mol. The summed E-state index contributed by atoms with van der Waals surface area (Å²) in [5, 5.41) is 9.00. The van der Waals surface area contributed by atoms with Crippen LogP contribution >= 0.6 is 27.7 Å². The molecule has 1 fully saturated rings. The molecule has 0 bridgehead atoms. The van der Waals surface area contributed by atoms with E-state index in [1.807, 2.05) is 0 Å². The minimum Gasteiger partial charge on any atom is -0.477 e. The standard InChI is InChI=1S/C10H6BrNO4S/c11-5-8(13)12-6(10(14)15)7(17-9(5)12)4-2-1-3-16-4/h1-3,5,9H,(H,14,15)/t5-,9+/m0/s1. The van der Waals surface area contributed by atoms with E-state index in [1.165, 1.54) is 22.9 Å². The Bertz CT molecular complexity index is 539. The van der Waals surface area contributed by atoms with Crippen LogP contribution in [0.3, 0.4) is 0 Å². The van der Waals surface area contributed by atoms with Gasteiger partial charge >= 0.3 is 5.97 Å². The Labute approximate surface area is 109 Å². The van der Waals surface area contributed by atoms with Gasteiger partial charge in [0.1, 0.15) is 21.7 Å². The van der Waals surface area contributed by atoms with Crippen molar-refractivity contribution < 1.29 is 19.1 Å². The van der Waals surface area contributed by atoms with Gasteiger partial charge in [0.25, 0.3) is 0 Å². The maximum Gasteiger partial charge on any atom is 0.353 e. The Balaban J connectivity index is 2.08. The van der Waals surface area contributed by atoms with Gasteiger partial charge < -0.3 is 9.52 Å². The number of halogens is 1. The van der Waals surface area contributed by atoms with Crippen LogP contribution in [0.15, 0.2) is 28.5 Å². The van der Waals surface area contributed by atoms with Gasteiger partial charge in [-0.3, -0.25) is 9.69 Å². The average Bonchev–Trinajstić information content (AvgIpc) is 2.93. The van der Waals surface area contributed by atoms with Crippen LogP contribution in [0.5, 0.6) is 0 Å². The number of carbonyl (C=O) groups excluding carboxylic acids is 1. The van der Waals surface area contributed by atoms with Gasteiger partial charge in [-0.1, -0.05) is 27.7 Å². The highest BCUT2D eigenvalue weighted by Gasteiger charge is 2.55. The number of carboxylic acid groups (broad SMARTS) is 1. The number of carbonyl (C=O) groups is 2. The van der Waals surface area contributed by atoms with Gasteiger partial charge in [-0.15, -0.1) is 0 Å². The third-order valence-electron chi connectivity index (χ3n) is 2.62. The molecule has 1 amide bonds. The molecule has 1 N–H and O–H groups in total. The van der Waals surface area contributed by atoms with Crippen LogP contribution in [-0.2, 0) is 9.59 Å². The number of nitrogens with zero attached hydrogens (tertiary/aromatic N) is 1. The fourth-order valence-corrected chi connectivity index (χ4v) is 3.95. The molecule has 3 heterocycles. The lowest BCUT2D eigenvalue weighted by Gasteiger charge is -2.38. The van der Waals surface area contributed by atoms with E-state index in [2.05, 4.69) is 15.9 Å². The van der Waals surface area contributed by atoms with Crippen LogP contribution in [0.25, 0.3) is 4.91 Å². The average molecular weight is 316 g/mol. The Morgan fingerprint density at radius 1 is 1.59 bits per heavy atom. The second-order valence-corrected chi connectivity index (χ2v) is 5.69. The summed E-state index contributed by atoms with van der Waals surface area (Å²) in [6, 6.07) is 3.37. The maximum atomic E-state index is 11.6. The van der Waals surface area contributed by atoms with Crippen LogP contribution in [0, 0.1) is 0 Å². The lowest BCUT2D eigenvalue weighted by Crippen LogP contribution is -2.58. The van der Waals surface area contributed by atoms with Crippen molar-refractivity contribution in [1.29, 1.82) is 0 Å². The first-order chi connectivity index (χ1) is 8.11. The largest absolute Gasteiger partial charge is 0.477 e. The van der Waals surface area contributed by atoms with Crippen molar-refractivity contribution in [2.75, 3.05) is 0 Å². The molecule has 17 heavy (non-hydrogen) atoms. The Kier molecular flexibility index (Phi) is 2.34. The summed E-state index contributed by atoms with van der Waals surface area (Å²) < 4.78 is 5.20. The third-order valence-corrected chi connectivity index (χ3v) is 5.22. The van der Waals surface area contributed by atoms with Gasteiger partial charge in [0, 0.05) is 0 Å². The number of fused-ring (bicyclic) bond motifs is 1. The van der Waals surface area contributed by atoms with Gasteiger partial charge in [-0.05, 0) is 12.1 Å². The molecule has 1 aromatic heterocycles. The van der Waals surface area contributed by atoms with Crippen molar-refractivity contribution in [3.8, 4) is 0 Å². The Morgan fingerprint density at radius 3 is 2.94 bits per heavy atom. The third kappa shape index (κ3) is 1.39. The number of aliphatic carboxylic acids is 1. The molecule has 5 nitrogen and oxygen atoms in total. The molecule has 88 valence electrons. The first-order valence-electron chi connectivity index (χ1n) is 4.76. The molecule has 0 spiro atoms. The summed E-state index contributed by atoms with van der Waals surface area (Å²) in [6.45, 7) is 0. The molecule has 0 aliphatic carbocycles. The molecular weight excluding hydrogens is 310 g/mol. The summed E-state index contributed by atoms with van der Waals surface area (Å²) in [5.41, 5.74) is 0.00986. The zero-order valence-electron chi connectivity index (χ0n) is 8.29. The Hall–Kier alpha value is -1.21. The van der Waals surface area contributed by atoms with Crippen molar-refractivity contribution in [3.05, 3.63) is 29.9 Å². The summed E-state index contributed by atoms with van der Waals surface area (Å²) in [4.78, 5) is 24.3. The van der Waals surface area contributed by atoms with Crippen molar-refractivity contribution >= 4 is 44.5 Å². The fourth-order valence-electron chi connectivity index (χ4n) is 1.85. The molecule has 2 aliphatic heterocycles. The van der Waals surface area contributed by atoms with Crippen molar-refractivity contribution in [1.82, 2.24) is 4.90 Å². The molecule has 2 atom stereocenters. The number of carboxylic acids is 1. The molecule has 1 aromatic rings. The zero-order valence-corrected chi connectivity index (χ0v) is 10.7. The minimum atomic E-state index is -1.11. The first-order valence-corrected chi connectivity index (χ1v) is 6.56. The van der Waals surface area contributed by atoms with Crippen LogP contribution in [-0.4, -0.2) is 32.1 Å². The first kappa shape index (κ1) is 10.9. The number of rotatable bonds is 2. The molecular formula is C10H6BrNO4S. The van der Waals surface area contributed by atoms with E-state index in [-0.39, 0.29) is 21.8 Å². The predicted octanol–water partition coefficient (Wildman–Crippen LogP) is 1.71. The highest BCUT2D eigenvalue weighted by Crippen LogP contribution is 2.52. The number of amides is 1. The van der Waals surface area contributed by atoms with E-state index in [1.54, 1.807) is 12.1 Å². The van der Waals surface area contributed by atoms with Crippen molar-refractivity contribution in [2.24, 2.45) is 0 Å². The molecule has 7 heteroatoms. The number of hydrogen-bond donors (Lipinski definition) is 1. The maximum absolute atomic E-state index is 11.6. The minimum absolute atomic E-state index is 0.00986. The van der Waals surface area contributed by atoms with E-state index in [9.17, 15) is 14.7 Å². The number of thioether (sulfide) groups is 1. The number of furan rings is 1. The molecule has 2 aliphatic rings. The van der Waals surface area contributed by atoms with Crippen molar-refractivity contribution in [2.45, 2.75) is 10.2 Å². The molecule has 1 saturated heterocycles. The van der Waals surface area contributed by atoms with Crippen LogP contribution < -0.4 is 0 Å². The molecule has 0 radical (unpaired) electrons. The lowest BCUT2D eigenvalue weighted by atomic mass is 10.1. The second-order valence-electron chi connectivity index (χ2n) is 3.58. The molecule has 0 unspecified atom stereocenters. The van der Waals surface area contributed by atoms with Gasteiger partial charge in [-0.25, -0.2) is 4.79 Å². The normalized spacial score (nSPS) is 27.1. The van der Waals surface area contributed by atoms with Gasteiger partial charge in [0.15, 0.2) is 0 Å². The van der Waals surface area contributed by atoms with Gasteiger partial charge in [-0.2, -0.15) is 0 Å². The van der Waals surface area contributed by atoms with E-state index in [0.717, 1.165) is 0 Å².